The van der Waals surface area contributed by atoms with Crippen LogP contribution < -0.4 is 0 Å². The van der Waals surface area contributed by atoms with Gasteiger partial charge in [0.1, 0.15) is 0 Å². The van der Waals surface area contributed by atoms with Crippen LogP contribution in [0.15, 0.2) is 30.3 Å². The number of carbonyl (C=O) groups is 2. The molecule has 5 heteroatoms. The molecule has 0 saturated carbocycles. The van der Waals surface area contributed by atoms with Crippen LogP contribution in [-0.2, 0) is 0 Å². The zero-order valence-corrected chi connectivity index (χ0v) is 10.8. The predicted molar refractivity (Wildman–Crippen MR) is 68.0 cm³/mol. The fourth-order valence-electron chi connectivity index (χ4n) is 1.46. The van der Waals surface area contributed by atoms with Gasteiger partial charge in [-0.05, 0) is 0 Å². The van der Waals surface area contributed by atoms with Gasteiger partial charge < -0.3 is 4.90 Å². The van der Waals surface area contributed by atoms with Gasteiger partial charge in [-0.1, -0.05) is 58.0 Å². The van der Waals surface area contributed by atoms with Gasteiger partial charge in [-0.2, -0.15) is 0 Å². The predicted octanol–water partition coefficient (Wildman–Crippen LogP) is 2.76. The fourth-order valence-corrected chi connectivity index (χ4v) is 3.14. The Morgan fingerprint density at radius 3 is 2.69 bits per heavy atom. The molecule has 1 amide bonds. The van der Waals surface area contributed by atoms with Crippen molar-refractivity contribution < 1.29 is 9.59 Å². The summed E-state index contributed by atoms with van der Waals surface area (Å²) in [5, 5.41) is -0.0360. The first-order valence-corrected chi connectivity index (χ1v) is 6.74. The largest absolute Gasteiger partial charge is 0.312 e. The Bertz CT molecular complexity index is 410. The van der Waals surface area contributed by atoms with Gasteiger partial charge in [-0.25, -0.2) is 0 Å². The number of nitrogens with zero attached hydrogens (tertiary/aromatic N) is 1. The van der Waals surface area contributed by atoms with E-state index in [2.05, 4.69) is 15.9 Å². The van der Waals surface area contributed by atoms with Crippen LogP contribution in [-0.4, -0.2) is 33.2 Å². The number of thioether (sulfide) groups is 1. The first-order valence-electron chi connectivity index (χ1n) is 4.84. The third kappa shape index (κ3) is 2.47. The molecule has 16 heavy (non-hydrogen) atoms. The molecule has 0 radical (unpaired) electrons. The second-order valence-electron chi connectivity index (χ2n) is 3.43. The standard InChI is InChI=1S/C11H10BrNO2S/c12-10-7-16-11(15)13(10)6-9(14)8-4-2-1-3-5-8/h1-5,10H,6-7H2. The lowest BCUT2D eigenvalue weighted by Crippen LogP contribution is -2.34. The molecule has 3 nitrogen and oxygen atoms in total. The van der Waals surface area contributed by atoms with E-state index in [1.807, 2.05) is 18.2 Å². The number of rotatable bonds is 3. The topological polar surface area (TPSA) is 37.4 Å². The normalized spacial score (nSPS) is 20.2. The lowest BCUT2D eigenvalue weighted by molar-refractivity contribution is 0.0953. The molecule has 1 unspecified atom stereocenters. The zero-order chi connectivity index (χ0) is 11.5. The number of hydrogen-bond donors (Lipinski definition) is 0. The lowest BCUT2D eigenvalue weighted by atomic mass is 10.1. The molecular formula is C11H10BrNO2S. The third-order valence-corrected chi connectivity index (χ3v) is 4.54. The maximum absolute atomic E-state index is 11.9. The Hall–Kier alpha value is -0.810. The van der Waals surface area contributed by atoms with E-state index in [-0.39, 0.29) is 22.5 Å². The molecule has 0 N–H and O–H groups in total. The lowest BCUT2D eigenvalue weighted by Gasteiger charge is -2.17. The monoisotopic (exact) mass is 299 g/mol. The van der Waals surface area contributed by atoms with Crippen LogP contribution in [0.5, 0.6) is 0 Å². The second kappa shape index (κ2) is 5.01. The third-order valence-electron chi connectivity index (χ3n) is 2.33. The summed E-state index contributed by atoms with van der Waals surface area (Å²) in [7, 11) is 0. The number of carbonyl (C=O) groups excluding carboxylic acids is 2. The van der Waals surface area contributed by atoms with Crippen molar-refractivity contribution in [3.05, 3.63) is 35.9 Å². The minimum atomic E-state index is -0.0360. The van der Waals surface area contributed by atoms with Gasteiger partial charge in [-0.3, -0.25) is 9.59 Å². The van der Waals surface area contributed by atoms with Crippen LogP contribution in [0.3, 0.4) is 0 Å². The number of hydrogen-bond acceptors (Lipinski definition) is 3. The molecule has 1 aliphatic rings. The van der Waals surface area contributed by atoms with Gasteiger partial charge in [0, 0.05) is 11.3 Å². The average molecular weight is 300 g/mol. The number of amides is 1. The van der Waals surface area contributed by atoms with Crippen molar-refractivity contribution >= 4 is 38.7 Å². The molecule has 1 aromatic carbocycles. The van der Waals surface area contributed by atoms with E-state index in [0.717, 1.165) is 0 Å². The molecule has 1 fully saturated rings. The molecule has 1 saturated heterocycles. The van der Waals surface area contributed by atoms with E-state index < -0.39 is 0 Å². The molecule has 1 aromatic rings. The van der Waals surface area contributed by atoms with E-state index in [4.69, 9.17) is 0 Å². The van der Waals surface area contributed by atoms with Crippen LogP contribution in [0.4, 0.5) is 4.79 Å². The molecule has 0 aliphatic carbocycles. The molecule has 0 spiro atoms. The Morgan fingerprint density at radius 1 is 1.44 bits per heavy atom. The first-order chi connectivity index (χ1) is 7.68. The highest BCUT2D eigenvalue weighted by atomic mass is 79.9. The summed E-state index contributed by atoms with van der Waals surface area (Å²) in [5.41, 5.74) is 0.645. The number of Topliss-reactive ketones (excluding diaryl/α,β-unsaturated/α-hetero) is 1. The second-order valence-corrected chi connectivity index (χ2v) is 5.46. The van der Waals surface area contributed by atoms with Crippen molar-refractivity contribution in [3.63, 3.8) is 0 Å². The van der Waals surface area contributed by atoms with E-state index in [1.54, 1.807) is 17.0 Å². The summed E-state index contributed by atoms with van der Waals surface area (Å²) in [6.07, 6.45) is 0. The molecule has 1 heterocycles. The molecule has 1 atom stereocenters. The highest BCUT2D eigenvalue weighted by Crippen LogP contribution is 2.27. The number of alkyl halides is 1. The smallest absolute Gasteiger partial charge is 0.283 e. The summed E-state index contributed by atoms with van der Waals surface area (Å²) < 4.78 is 0. The van der Waals surface area contributed by atoms with Crippen molar-refractivity contribution in [1.82, 2.24) is 4.90 Å². The maximum Gasteiger partial charge on any atom is 0.283 e. The summed E-state index contributed by atoms with van der Waals surface area (Å²) in [4.78, 5) is 24.9. The van der Waals surface area contributed by atoms with Crippen LogP contribution in [0.25, 0.3) is 0 Å². The Kier molecular flexibility index (Phi) is 3.66. The summed E-state index contributed by atoms with van der Waals surface area (Å²) in [5.74, 6) is 0.668. The van der Waals surface area contributed by atoms with Crippen LogP contribution >= 0.6 is 27.7 Å². The zero-order valence-electron chi connectivity index (χ0n) is 8.43. The van der Waals surface area contributed by atoms with Crippen molar-refractivity contribution in [1.29, 1.82) is 0 Å². The van der Waals surface area contributed by atoms with Gasteiger partial charge in [0.15, 0.2) is 5.78 Å². The highest BCUT2D eigenvalue weighted by Gasteiger charge is 2.31. The van der Waals surface area contributed by atoms with E-state index in [1.165, 1.54) is 11.8 Å². The van der Waals surface area contributed by atoms with Crippen molar-refractivity contribution in [2.75, 3.05) is 12.3 Å². The van der Waals surface area contributed by atoms with Gasteiger partial charge in [0.25, 0.3) is 5.24 Å². The van der Waals surface area contributed by atoms with Crippen LogP contribution in [0.1, 0.15) is 10.4 Å². The van der Waals surface area contributed by atoms with Gasteiger partial charge in [0.2, 0.25) is 0 Å². The van der Waals surface area contributed by atoms with Crippen LogP contribution in [0, 0.1) is 0 Å². The van der Waals surface area contributed by atoms with Crippen molar-refractivity contribution in [2.24, 2.45) is 0 Å². The van der Waals surface area contributed by atoms with E-state index >= 15 is 0 Å². The number of benzene rings is 1. The van der Waals surface area contributed by atoms with Crippen molar-refractivity contribution in [2.45, 2.75) is 4.95 Å². The first kappa shape index (κ1) is 11.7. The van der Waals surface area contributed by atoms with E-state index in [0.29, 0.717) is 11.3 Å². The minimum Gasteiger partial charge on any atom is -0.312 e. The fraction of sp³-hybridized carbons (Fsp3) is 0.273. The highest BCUT2D eigenvalue weighted by molar-refractivity contribution is 9.09. The van der Waals surface area contributed by atoms with E-state index in [9.17, 15) is 9.59 Å². The number of ketones is 1. The SMILES string of the molecule is O=C(CN1C(=O)SCC1Br)c1ccccc1. The summed E-state index contributed by atoms with van der Waals surface area (Å²) >= 11 is 4.62. The van der Waals surface area contributed by atoms with Gasteiger partial charge >= 0.3 is 0 Å². The Balaban J connectivity index is 2.05. The maximum atomic E-state index is 11.9. The molecular weight excluding hydrogens is 290 g/mol. The Morgan fingerprint density at radius 2 is 2.12 bits per heavy atom. The Labute approximate surface area is 106 Å². The minimum absolute atomic E-state index is 0.0269. The molecule has 1 aliphatic heterocycles. The molecule has 84 valence electrons. The quantitative estimate of drug-likeness (QED) is 0.489. The number of halogens is 1. The molecule has 0 aromatic heterocycles. The average Bonchev–Trinajstić information content (AvgIpc) is 2.62. The van der Waals surface area contributed by atoms with Crippen LogP contribution in [0.2, 0.25) is 0 Å². The van der Waals surface area contributed by atoms with Crippen molar-refractivity contribution in [3.8, 4) is 0 Å². The van der Waals surface area contributed by atoms with Gasteiger partial charge in [0.05, 0.1) is 11.5 Å². The molecule has 0 bridgehead atoms. The molecule has 2 rings (SSSR count). The van der Waals surface area contributed by atoms with Gasteiger partial charge in [-0.15, -0.1) is 0 Å². The summed E-state index contributed by atoms with van der Waals surface area (Å²) in [6, 6.07) is 9.03. The summed E-state index contributed by atoms with van der Waals surface area (Å²) in [6.45, 7) is 0.145.